The van der Waals surface area contributed by atoms with Crippen molar-refractivity contribution < 1.29 is 5.11 Å². The largest absolute Gasteiger partial charge is 0.392 e. The van der Waals surface area contributed by atoms with Crippen LogP contribution in [0.15, 0.2) is 0 Å². The van der Waals surface area contributed by atoms with Crippen LogP contribution in [0.1, 0.15) is 31.7 Å². The number of rotatable bonds is 6. The molecule has 0 radical (unpaired) electrons. The van der Waals surface area contributed by atoms with Gasteiger partial charge in [0, 0.05) is 19.6 Å². The quantitative estimate of drug-likeness (QED) is 0.803. The van der Waals surface area contributed by atoms with Gasteiger partial charge < -0.3 is 10.4 Å². The first-order valence-electron chi connectivity index (χ1n) is 5.70. The predicted molar refractivity (Wildman–Crippen MR) is 65.7 cm³/mol. The van der Waals surface area contributed by atoms with Crippen LogP contribution in [0.4, 0.5) is 0 Å². The molecule has 0 saturated heterocycles. The van der Waals surface area contributed by atoms with E-state index in [-0.39, 0.29) is 6.10 Å². The molecule has 1 heterocycles. The monoisotopic (exact) mass is 245 g/mol. The van der Waals surface area contributed by atoms with Crippen LogP contribution in [0, 0.1) is 6.92 Å². The van der Waals surface area contributed by atoms with Crippen molar-refractivity contribution in [3.63, 3.8) is 0 Å². The van der Waals surface area contributed by atoms with Crippen molar-refractivity contribution in [2.24, 2.45) is 0 Å². The summed E-state index contributed by atoms with van der Waals surface area (Å²) in [6.45, 7) is 7.93. The number of nitrogens with one attached hydrogen (secondary N) is 1. The fourth-order valence-corrected chi connectivity index (χ4v) is 1.74. The van der Waals surface area contributed by atoms with Crippen molar-refractivity contribution >= 4 is 11.6 Å². The van der Waals surface area contributed by atoms with Gasteiger partial charge in [-0.3, -0.25) is 4.68 Å². The molecule has 1 aromatic heterocycles. The van der Waals surface area contributed by atoms with Gasteiger partial charge in [-0.1, -0.05) is 18.5 Å². The Labute approximate surface area is 102 Å². The van der Waals surface area contributed by atoms with Crippen molar-refractivity contribution in [3.8, 4) is 0 Å². The summed E-state index contributed by atoms with van der Waals surface area (Å²) in [5.41, 5.74) is 1.85. The Morgan fingerprint density at radius 1 is 1.50 bits per heavy atom. The molecule has 1 unspecified atom stereocenters. The third-order valence-electron chi connectivity index (χ3n) is 2.60. The van der Waals surface area contributed by atoms with E-state index >= 15 is 0 Å². The number of nitrogens with zero attached hydrogens (tertiary/aromatic N) is 2. The molecule has 0 saturated carbocycles. The zero-order chi connectivity index (χ0) is 12.1. The highest BCUT2D eigenvalue weighted by molar-refractivity contribution is 6.31. The number of aryl methyl sites for hydroxylation is 2. The van der Waals surface area contributed by atoms with E-state index in [0.717, 1.165) is 29.4 Å². The van der Waals surface area contributed by atoms with Crippen LogP contribution in [0.25, 0.3) is 0 Å². The smallest absolute Gasteiger partial charge is 0.0860 e. The van der Waals surface area contributed by atoms with Crippen LogP contribution >= 0.6 is 11.6 Å². The summed E-state index contributed by atoms with van der Waals surface area (Å²) < 4.78 is 1.89. The van der Waals surface area contributed by atoms with Gasteiger partial charge in [0.15, 0.2) is 0 Å². The molecule has 4 nitrogen and oxygen atoms in total. The van der Waals surface area contributed by atoms with Crippen LogP contribution in [0.3, 0.4) is 0 Å². The highest BCUT2D eigenvalue weighted by atomic mass is 35.5. The Bertz CT molecular complexity index is 338. The summed E-state index contributed by atoms with van der Waals surface area (Å²) in [6, 6.07) is 0. The van der Waals surface area contributed by atoms with E-state index in [4.69, 9.17) is 11.6 Å². The first kappa shape index (κ1) is 13.5. The van der Waals surface area contributed by atoms with Crippen LogP contribution in [-0.2, 0) is 13.1 Å². The lowest BCUT2D eigenvalue weighted by Crippen LogP contribution is -2.26. The number of aliphatic hydroxyl groups excluding tert-OH is 1. The maximum atomic E-state index is 9.42. The lowest BCUT2D eigenvalue weighted by molar-refractivity contribution is 0.167. The standard InChI is InChI=1S/C11H20ClN3O/c1-4-9(16)6-13-7-10-11(12)8(3)14-15(10)5-2/h9,13,16H,4-7H2,1-3H3. The van der Waals surface area contributed by atoms with Gasteiger partial charge in [0.1, 0.15) is 0 Å². The lowest BCUT2D eigenvalue weighted by atomic mass is 10.3. The number of hydrogen-bond acceptors (Lipinski definition) is 3. The molecule has 0 amide bonds. The molecule has 0 aliphatic rings. The van der Waals surface area contributed by atoms with E-state index in [1.807, 2.05) is 25.5 Å². The topological polar surface area (TPSA) is 50.1 Å². The van der Waals surface area contributed by atoms with Gasteiger partial charge in [-0.15, -0.1) is 0 Å². The second-order valence-electron chi connectivity index (χ2n) is 3.85. The van der Waals surface area contributed by atoms with Gasteiger partial charge in [0.05, 0.1) is 22.5 Å². The molecule has 0 bridgehead atoms. The van der Waals surface area contributed by atoms with Crippen molar-refractivity contribution in [2.75, 3.05) is 6.54 Å². The minimum atomic E-state index is -0.294. The molecule has 1 aromatic rings. The molecular formula is C11H20ClN3O. The van der Waals surface area contributed by atoms with E-state index < -0.39 is 0 Å². The van der Waals surface area contributed by atoms with Crippen molar-refractivity contribution in [3.05, 3.63) is 16.4 Å². The molecule has 0 aliphatic carbocycles. The second-order valence-corrected chi connectivity index (χ2v) is 4.23. The average Bonchev–Trinajstić information content (AvgIpc) is 2.56. The summed E-state index contributed by atoms with van der Waals surface area (Å²) in [7, 11) is 0. The molecule has 0 fully saturated rings. The van der Waals surface area contributed by atoms with Gasteiger partial charge in [0.25, 0.3) is 0 Å². The number of hydrogen-bond donors (Lipinski definition) is 2. The third-order valence-corrected chi connectivity index (χ3v) is 3.09. The maximum absolute atomic E-state index is 9.42. The van der Waals surface area contributed by atoms with Gasteiger partial charge in [0.2, 0.25) is 0 Å². The van der Waals surface area contributed by atoms with Gasteiger partial charge in [-0.05, 0) is 20.3 Å². The summed E-state index contributed by atoms with van der Waals surface area (Å²) in [4.78, 5) is 0. The van der Waals surface area contributed by atoms with Crippen LogP contribution < -0.4 is 5.32 Å². The molecule has 1 rings (SSSR count). The molecule has 92 valence electrons. The summed E-state index contributed by atoms with van der Waals surface area (Å²) >= 11 is 6.16. The zero-order valence-electron chi connectivity index (χ0n) is 10.1. The summed E-state index contributed by atoms with van der Waals surface area (Å²) in [6.07, 6.45) is 0.463. The fraction of sp³-hybridized carbons (Fsp3) is 0.727. The van der Waals surface area contributed by atoms with Crippen molar-refractivity contribution in [1.29, 1.82) is 0 Å². The maximum Gasteiger partial charge on any atom is 0.0860 e. The number of halogens is 1. The third kappa shape index (κ3) is 3.20. The minimum absolute atomic E-state index is 0.294. The first-order chi connectivity index (χ1) is 7.60. The summed E-state index contributed by atoms with van der Waals surface area (Å²) in [5.74, 6) is 0. The summed E-state index contributed by atoms with van der Waals surface area (Å²) in [5, 5.41) is 17.7. The minimum Gasteiger partial charge on any atom is -0.392 e. The predicted octanol–water partition coefficient (Wildman–Crippen LogP) is 1.73. The highest BCUT2D eigenvalue weighted by Gasteiger charge is 2.12. The van der Waals surface area contributed by atoms with E-state index in [0.29, 0.717) is 13.1 Å². The Morgan fingerprint density at radius 2 is 2.19 bits per heavy atom. The fourth-order valence-electron chi connectivity index (χ4n) is 1.54. The van der Waals surface area contributed by atoms with E-state index in [1.165, 1.54) is 0 Å². The van der Waals surface area contributed by atoms with Gasteiger partial charge in [-0.25, -0.2) is 0 Å². The van der Waals surface area contributed by atoms with E-state index in [9.17, 15) is 5.11 Å². The molecule has 0 aliphatic heterocycles. The molecule has 2 N–H and O–H groups in total. The average molecular weight is 246 g/mol. The number of aromatic nitrogens is 2. The van der Waals surface area contributed by atoms with Crippen LogP contribution in [0.5, 0.6) is 0 Å². The highest BCUT2D eigenvalue weighted by Crippen LogP contribution is 2.19. The SMILES string of the molecule is CCC(O)CNCc1c(Cl)c(C)nn1CC. The van der Waals surface area contributed by atoms with Crippen LogP contribution in [-0.4, -0.2) is 27.5 Å². The van der Waals surface area contributed by atoms with Crippen LogP contribution in [0.2, 0.25) is 5.02 Å². The Balaban J connectivity index is 2.59. The normalized spacial score (nSPS) is 13.1. The zero-order valence-corrected chi connectivity index (χ0v) is 10.9. The molecular weight excluding hydrogens is 226 g/mol. The molecule has 16 heavy (non-hydrogen) atoms. The molecule has 1 atom stereocenters. The molecule has 5 heteroatoms. The second kappa shape index (κ2) is 6.23. The van der Waals surface area contributed by atoms with E-state index in [1.54, 1.807) is 0 Å². The lowest BCUT2D eigenvalue weighted by Gasteiger charge is -2.10. The Kier molecular flexibility index (Phi) is 5.25. The Morgan fingerprint density at radius 3 is 2.75 bits per heavy atom. The van der Waals surface area contributed by atoms with Gasteiger partial charge in [-0.2, -0.15) is 5.10 Å². The van der Waals surface area contributed by atoms with Crippen molar-refractivity contribution in [2.45, 2.75) is 46.4 Å². The molecule has 0 spiro atoms. The van der Waals surface area contributed by atoms with Crippen molar-refractivity contribution in [1.82, 2.24) is 15.1 Å². The Hall–Kier alpha value is -0.580. The van der Waals surface area contributed by atoms with E-state index in [2.05, 4.69) is 10.4 Å². The van der Waals surface area contributed by atoms with Gasteiger partial charge >= 0.3 is 0 Å². The number of aliphatic hydroxyl groups is 1. The first-order valence-corrected chi connectivity index (χ1v) is 6.08. The molecule has 0 aromatic carbocycles.